The Balaban J connectivity index is 2.15. The number of aromatic nitrogens is 2. The predicted molar refractivity (Wildman–Crippen MR) is 61.9 cm³/mol. The van der Waals surface area contributed by atoms with Gasteiger partial charge in [-0.05, 0) is 33.6 Å². The second-order valence-electron chi connectivity index (χ2n) is 2.75. The summed E-state index contributed by atoms with van der Waals surface area (Å²) >= 11 is 10.6. The van der Waals surface area contributed by atoms with Gasteiger partial charge >= 0.3 is 0 Å². The molecule has 0 amide bonds. The fourth-order valence-electron chi connectivity index (χ4n) is 1.08. The van der Waals surface area contributed by atoms with Gasteiger partial charge in [-0.15, -0.1) is 10.2 Å². The number of rotatable bonds is 2. The third-order valence-electron chi connectivity index (χ3n) is 1.71. The van der Waals surface area contributed by atoms with Gasteiger partial charge in [-0.1, -0.05) is 35.1 Å². The summed E-state index contributed by atoms with van der Waals surface area (Å²) in [6.45, 7) is 0. The molecule has 72 valence electrons. The molecule has 0 saturated heterocycles. The van der Waals surface area contributed by atoms with E-state index in [1.165, 1.54) is 5.56 Å². The van der Waals surface area contributed by atoms with Gasteiger partial charge in [0, 0.05) is 11.4 Å². The minimum Gasteiger partial charge on any atom is -0.142 e. The van der Waals surface area contributed by atoms with Crippen LogP contribution in [-0.4, -0.2) is 10.2 Å². The Morgan fingerprint density at radius 3 is 2.50 bits per heavy atom. The topological polar surface area (TPSA) is 25.8 Å². The van der Waals surface area contributed by atoms with Crippen molar-refractivity contribution >= 4 is 38.9 Å². The molecule has 0 aliphatic rings. The van der Waals surface area contributed by atoms with Crippen LogP contribution >= 0.6 is 38.9 Å². The number of benzene rings is 1. The Labute approximate surface area is 99.1 Å². The second kappa shape index (κ2) is 4.38. The maximum Gasteiger partial charge on any atom is 0.183 e. The Morgan fingerprint density at radius 2 is 1.93 bits per heavy atom. The summed E-state index contributed by atoms with van der Waals surface area (Å²) in [4.78, 5) is 0. The van der Waals surface area contributed by atoms with E-state index < -0.39 is 0 Å². The lowest BCUT2D eigenvalue weighted by Crippen LogP contribution is -1.86. The maximum absolute atomic E-state index is 5.79. The van der Waals surface area contributed by atoms with Crippen LogP contribution in [0, 0.1) is 0 Å². The molecule has 0 radical (unpaired) electrons. The lowest BCUT2D eigenvalue weighted by molar-refractivity contribution is 0.993. The summed E-state index contributed by atoms with van der Waals surface area (Å²) in [6.07, 6.45) is 0.806. The standard InChI is InChI=1S/C9H6BrClN2S/c10-9-13-12-8(14-9)5-6-1-3-7(11)4-2-6/h1-4H,5H2. The molecule has 0 saturated carbocycles. The molecular weight excluding hydrogens is 284 g/mol. The average molecular weight is 290 g/mol. The van der Waals surface area contributed by atoms with E-state index >= 15 is 0 Å². The van der Waals surface area contributed by atoms with Gasteiger partial charge in [-0.2, -0.15) is 0 Å². The highest BCUT2D eigenvalue weighted by atomic mass is 79.9. The molecule has 0 unspecified atom stereocenters. The lowest BCUT2D eigenvalue weighted by atomic mass is 10.2. The summed E-state index contributed by atoms with van der Waals surface area (Å²) in [5, 5.41) is 9.67. The van der Waals surface area contributed by atoms with E-state index in [1.807, 2.05) is 24.3 Å². The maximum atomic E-state index is 5.79. The molecule has 2 aromatic rings. The van der Waals surface area contributed by atoms with Crippen molar-refractivity contribution in [1.29, 1.82) is 0 Å². The fourth-order valence-corrected chi connectivity index (χ4v) is 2.44. The molecule has 1 aromatic heterocycles. The van der Waals surface area contributed by atoms with Gasteiger partial charge in [0.2, 0.25) is 0 Å². The predicted octanol–water partition coefficient (Wildman–Crippen LogP) is 3.54. The number of hydrogen-bond acceptors (Lipinski definition) is 3. The van der Waals surface area contributed by atoms with Crippen LogP contribution in [0.5, 0.6) is 0 Å². The van der Waals surface area contributed by atoms with E-state index in [1.54, 1.807) is 11.3 Å². The van der Waals surface area contributed by atoms with E-state index in [9.17, 15) is 0 Å². The second-order valence-corrected chi connectivity index (χ2v) is 5.53. The van der Waals surface area contributed by atoms with Crippen LogP contribution in [0.15, 0.2) is 28.2 Å². The molecule has 1 heterocycles. The Hall–Kier alpha value is -0.450. The first-order chi connectivity index (χ1) is 6.74. The summed E-state index contributed by atoms with van der Waals surface area (Å²) in [5.74, 6) is 0. The first-order valence-corrected chi connectivity index (χ1v) is 5.95. The van der Waals surface area contributed by atoms with E-state index in [0.29, 0.717) is 0 Å². The SMILES string of the molecule is Clc1ccc(Cc2nnc(Br)s2)cc1. The molecule has 0 N–H and O–H groups in total. The molecular formula is C9H6BrClN2S. The summed E-state index contributed by atoms with van der Waals surface area (Å²) in [5.41, 5.74) is 1.19. The van der Waals surface area contributed by atoms with Crippen LogP contribution < -0.4 is 0 Å². The Kier molecular flexibility index (Phi) is 3.15. The van der Waals surface area contributed by atoms with Gasteiger partial charge in [-0.3, -0.25) is 0 Å². The molecule has 0 bridgehead atoms. The van der Waals surface area contributed by atoms with Crippen molar-refractivity contribution in [3.05, 3.63) is 43.8 Å². The molecule has 2 nitrogen and oxygen atoms in total. The lowest BCUT2D eigenvalue weighted by Gasteiger charge is -1.96. The average Bonchev–Trinajstić information content (AvgIpc) is 2.56. The summed E-state index contributed by atoms with van der Waals surface area (Å²) in [6, 6.07) is 7.76. The van der Waals surface area contributed by atoms with Crippen molar-refractivity contribution in [3.63, 3.8) is 0 Å². The van der Waals surface area contributed by atoms with Crippen LogP contribution in [0.4, 0.5) is 0 Å². The van der Waals surface area contributed by atoms with Gasteiger partial charge in [0.1, 0.15) is 5.01 Å². The quantitative estimate of drug-likeness (QED) is 0.845. The fraction of sp³-hybridized carbons (Fsp3) is 0.111. The van der Waals surface area contributed by atoms with Gasteiger partial charge in [0.05, 0.1) is 0 Å². The monoisotopic (exact) mass is 288 g/mol. The zero-order valence-corrected chi connectivity index (χ0v) is 10.2. The summed E-state index contributed by atoms with van der Waals surface area (Å²) in [7, 11) is 0. The molecule has 5 heteroatoms. The zero-order chi connectivity index (χ0) is 9.97. The zero-order valence-electron chi connectivity index (χ0n) is 7.08. The molecule has 0 spiro atoms. The number of nitrogens with zero attached hydrogens (tertiary/aromatic N) is 2. The highest BCUT2D eigenvalue weighted by molar-refractivity contribution is 9.11. The minimum absolute atomic E-state index is 0.757. The van der Waals surface area contributed by atoms with Crippen molar-refractivity contribution in [1.82, 2.24) is 10.2 Å². The molecule has 2 rings (SSSR count). The smallest absolute Gasteiger partial charge is 0.142 e. The highest BCUT2D eigenvalue weighted by Crippen LogP contribution is 2.19. The van der Waals surface area contributed by atoms with Gasteiger partial charge in [0.25, 0.3) is 0 Å². The van der Waals surface area contributed by atoms with E-state index in [2.05, 4.69) is 26.1 Å². The first-order valence-electron chi connectivity index (χ1n) is 3.96. The van der Waals surface area contributed by atoms with Crippen molar-refractivity contribution in [2.75, 3.05) is 0 Å². The first kappa shape index (κ1) is 10.1. The van der Waals surface area contributed by atoms with Crippen LogP contribution in [-0.2, 0) is 6.42 Å². The highest BCUT2D eigenvalue weighted by Gasteiger charge is 2.02. The largest absolute Gasteiger partial charge is 0.183 e. The molecule has 0 aliphatic heterocycles. The van der Waals surface area contributed by atoms with Crippen molar-refractivity contribution < 1.29 is 0 Å². The third kappa shape index (κ3) is 2.53. The van der Waals surface area contributed by atoms with E-state index in [4.69, 9.17) is 11.6 Å². The number of halogens is 2. The van der Waals surface area contributed by atoms with Crippen LogP contribution in [0.2, 0.25) is 5.02 Å². The molecule has 14 heavy (non-hydrogen) atoms. The van der Waals surface area contributed by atoms with Gasteiger partial charge < -0.3 is 0 Å². The van der Waals surface area contributed by atoms with Crippen LogP contribution in [0.25, 0.3) is 0 Å². The molecule has 0 aliphatic carbocycles. The third-order valence-corrected chi connectivity index (χ3v) is 3.32. The van der Waals surface area contributed by atoms with Gasteiger partial charge in [0.15, 0.2) is 3.92 Å². The van der Waals surface area contributed by atoms with Gasteiger partial charge in [-0.25, -0.2) is 0 Å². The van der Waals surface area contributed by atoms with Crippen molar-refractivity contribution in [3.8, 4) is 0 Å². The van der Waals surface area contributed by atoms with Crippen LogP contribution in [0.3, 0.4) is 0 Å². The molecule has 1 aromatic carbocycles. The Bertz CT molecular complexity index is 427. The minimum atomic E-state index is 0.757. The number of hydrogen-bond donors (Lipinski definition) is 0. The van der Waals surface area contributed by atoms with Crippen molar-refractivity contribution in [2.45, 2.75) is 6.42 Å². The van der Waals surface area contributed by atoms with Crippen LogP contribution in [0.1, 0.15) is 10.6 Å². The molecule has 0 fully saturated rings. The van der Waals surface area contributed by atoms with E-state index in [0.717, 1.165) is 20.4 Å². The van der Waals surface area contributed by atoms with Crippen molar-refractivity contribution in [2.24, 2.45) is 0 Å². The van der Waals surface area contributed by atoms with E-state index in [-0.39, 0.29) is 0 Å². The summed E-state index contributed by atoms with van der Waals surface area (Å²) < 4.78 is 0.821. The molecule has 0 atom stereocenters. The Morgan fingerprint density at radius 1 is 1.21 bits per heavy atom. The normalized spacial score (nSPS) is 10.4.